The second kappa shape index (κ2) is 8.88. The van der Waals surface area contributed by atoms with Crippen molar-refractivity contribution in [1.29, 1.82) is 0 Å². The van der Waals surface area contributed by atoms with Gasteiger partial charge in [-0.25, -0.2) is 14.6 Å². The molecule has 188 valence electrons. The molecule has 4 aromatic rings. The maximum atomic E-state index is 13.6. The molecule has 1 aliphatic heterocycles. The topological polar surface area (TPSA) is 99.7 Å². The molecule has 0 bridgehead atoms. The van der Waals surface area contributed by atoms with Crippen LogP contribution in [0.25, 0.3) is 0 Å². The fourth-order valence-corrected chi connectivity index (χ4v) is 5.49. The Labute approximate surface area is 225 Å². The average Bonchev–Trinajstić information content (AvgIpc) is 3.22. The predicted octanol–water partition coefficient (Wildman–Crippen LogP) is 4.14. The number of carbonyl (C=O) groups is 2. The molecule has 0 amide bonds. The Kier molecular flexibility index (Phi) is 5.61. The number of nitrogens with zero attached hydrogens (tertiary/aromatic N) is 3. The Hall–Kier alpha value is -4.37. The zero-order valence-electron chi connectivity index (χ0n) is 20.3. The maximum absolute atomic E-state index is 13.6. The van der Waals surface area contributed by atoms with Gasteiger partial charge in [0.2, 0.25) is 0 Å². The summed E-state index contributed by atoms with van der Waals surface area (Å²) in [7, 11) is 2.98. The number of aromatic nitrogens is 2. The van der Waals surface area contributed by atoms with Crippen LogP contribution in [-0.4, -0.2) is 26.6 Å². The molecule has 3 aromatic carbocycles. The average molecular weight is 570 g/mol. The van der Waals surface area contributed by atoms with E-state index in [0.29, 0.717) is 33.7 Å². The van der Waals surface area contributed by atoms with Crippen molar-refractivity contribution in [1.82, 2.24) is 9.13 Å². The molecule has 2 atom stereocenters. The molecule has 0 saturated carbocycles. The Morgan fingerprint density at radius 2 is 1.50 bits per heavy atom. The fourth-order valence-electron chi connectivity index (χ4n) is 5.22. The van der Waals surface area contributed by atoms with Crippen LogP contribution in [-0.2, 0) is 14.1 Å². The lowest BCUT2D eigenvalue weighted by atomic mass is 9.76. The van der Waals surface area contributed by atoms with Crippen LogP contribution in [0.3, 0.4) is 0 Å². The molecule has 0 radical (unpaired) electrons. The van der Waals surface area contributed by atoms with E-state index >= 15 is 0 Å². The summed E-state index contributed by atoms with van der Waals surface area (Å²) in [5.41, 5.74) is 2.14. The summed E-state index contributed by atoms with van der Waals surface area (Å²) in [6.45, 7) is 0. The third-order valence-electron chi connectivity index (χ3n) is 7.11. The van der Waals surface area contributed by atoms with Gasteiger partial charge in [-0.3, -0.25) is 18.7 Å². The molecule has 8 nitrogen and oxygen atoms in total. The second-order valence-electron chi connectivity index (χ2n) is 9.27. The summed E-state index contributed by atoms with van der Waals surface area (Å²) in [4.78, 5) is 57.1. The molecular formula is C29H20BrN3O5. The lowest BCUT2D eigenvalue weighted by molar-refractivity contribution is 0.0734. The van der Waals surface area contributed by atoms with Gasteiger partial charge in [0.25, 0.3) is 5.56 Å². The molecule has 0 spiro atoms. The minimum absolute atomic E-state index is 0.128. The number of hydrogen-bond acceptors (Lipinski definition) is 6. The standard InChI is InChI=1S/C29H20BrN3O5/c1-32-26-23(27(35)33(2)29(32)37)21(22-24(31-26)19-5-3-4-6-20(19)25(22)34)15-9-13-18(14-10-15)38-28(36)16-7-11-17(30)12-8-16/h3-14,21-22H,1-2H3/t21-,22-/m1/s1. The molecule has 1 aliphatic carbocycles. The van der Waals surface area contributed by atoms with Gasteiger partial charge in [-0.1, -0.05) is 52.3 Å². The Bertz CT molecular complexity index is 1800. The zero-order valence-corrected chi connectivity index (χ0v) is 21.9. The van der Waals surface area contributed by atoms with Crippen molar-refractivity contribution >= 4 is 39.2 Å². The van der Waals surface area contributed by atoms with E-state index in [1.807, 2.05) is 12.1 Å². The molecule has 0 unspecified atom stereocenters. The van der Waals surface area contributed by atoms with Crippen LogP contribution < -0.4 is 16.0 Å². The van der Waals surface area contributed by atoms with E-state index in [0.717, 1.165) is 9.04 Å². The Morgan fingerprint density at radius 3 is 2.18 bits per heavy atom. The lowest BCUT2D eigenvalue weighted by Gasteiger charge is -2.30. The van der Waals surface area contributed by atoms with E-state index in [1.165, 1.54) is 11.6 Å². The van der Waals surface area contributed by atoms with Crippen LogP contribution in [0.1, 0.15) is 43.3 Å². The van der Waals surface area contributed by atoms with Gasteiger partial charge in [0, 0.05) is 35.6 Å². The molecule has 2 aliphatic rings. The highest BCUT2D eigenvalue weighted by Crippen LogP contribution is 2.46. The Balaban J connectivity index is 1.46. The first-order chi connectivity index (χ1) is 18.3. The highest BCUT2D eigenvalue weighted by atomic mass is 79.9. The van der Waals surface area contributed by atoms with Gasteiger partial charge in [0.15, 0.2) is 5.78 Å². The molecule has 6 rings (SSSR count). The van der Waals surface area contributed by atoms with Gasteiger partial charge in [-0.15, -0.1) is 0 Å². The number of Topliss-reactive ketones (excluding diaryl/α,β-unsaturated/α-hetero) is 1. The number of aliphatic imine (C=N–C) groups is 1. The van der Waals surface area contributed by atoms with Gasteiger partial charge in [-0.05, 0) is 42.0 Å². The quantitative estimate of drug-likeness (QED) is 0.272. The fraction of sp³-hybridized carbons (Fsp3) is 0.138. The number of esters is 1. The summed E-state index contributed by atoms with van der Waals surface area (Å²) in [6, 6.07) is 20.8. The second-order valence-corrected chi connectivity index (χ2v) is 10.2. The number of ether oxygens (including phenoxy) is 1. The van der Waals surface area contributed by atoms with Crippen LogP contribution >= 0.6 is 15.9 Å². The lowest BCUT2D eigenvalue weighted by Crippen LogP contribution is -2.43. The summed E-state index contributed by atoms with van der Waals surface area (Å²) < 4.78 is 8.76. The van der Waals surface area contributed by atoms with Crippen molar-refractivity contribution < 1.29 is 14.3 Å². The van der Waals surface area contributed by atoms with Crippen molar-refractivity contribution in [2.45, 2.75) is 5.92 Å². The number of halogens is 1. The van der Waals surface area contributed by atoms with Crippen molar-refractivity contribution in [2.75, 3.05) is 0 Å². The molecule has 0 saturated heterocycles. The summed E-state index contributed by atoms with van der Waals surface area (Å²) in [5, 5.41) is 0. The minimum Gasteiger partial charge on any atom is -0.423 e. The summed E-state index contributed by atoms with van der Waals surface area (Å²) in [5.74, 6) is -1.48. The number of fused-ring (bicyclic) bond motifs is 4. The van der Waals surface area contributed by atoms with Crippen LogP contribution in [0.5, 0.6) is 5.75 Å². The first-order valence-electron chi connectivity index (χ1n) is 11.9. The van der Waals surface area contributed by atoms with Crippen LogP contribution in [0.15, 0.2) is 91.9 Å². The van der Waals surface area contributed by atoms with Crippen molar-refractivity contribution in [3.05, 3.63) is 126 Å². The van der Waals surface area contributed by atoms with Gasteiger partial charge < -0.3 is 4.74 Å². The largest absolute Gasteiger partial charge is 0.423 e. The summed E-state index contributed by atoms with van der Waals surface area (Å²) >= 11 is 3.34. The van der Waals surface area contributed by atoms with Crippen molar-refractivity contribution in [3.8, 4) is 5.75 Å². The first-order valence-corrected chi connectivity index (χ1v) is 12.7. The molecule has 0 N–H and O–H groups in total. The molecule has 9 heteroatoms. The van der Waals surface area contributed by atoms with E-state index in [1.54, 1.807) is 67.7 Å². The van der Waals surface area contributed by atoms with E-state index in [9.17, 15) is 19.2 Å². The van der Waals surface area contributed by atoms with Crippen LogP contribution in [0, 0.1) is 5.92 Å². The van der Waals surface area contributed by atoms with Crippen LogP contribution in [0.4, 0.5) is 5.82 Å². The molecule has 1 aromatic heterocycles. The number of ketones is 1. The predicted molar refractivity (Wildman–Crippen MR) is 145 cm³/mol. The minimum atomic E-state index is -0.721. The highest BCUT2D eigenvalue weighted by molar-refractivity contribution is 9.10. The number of carbonyl (C=O) groups excluding carboxylic acids is 2. The van der Waals surface area contributed by atoms with Crippen molar-refractivity contribution in [2.24, 2.45) is 25.0 Å². The normalized spacial score (nSPS) is 17.3. The molecule has 38 heavy (non-hydrogen) atoms. The third kappa shape index (κ3) is 3.61. The van der Waals surface area contributed by atoms with Gasteiger partial charge >= 0.3 is 11.7 Å². The van der Waals surface area contributed by atoms with E-state index in [4.69, 9.17) is 9.73 Å². The van der Waals surface area contributed by atoms with Gasteiger partial charge in [-0.2, -0.15) is 0 Å². The molecular weight excluding hydrogens is 550 g/mol. The van der Waals surface area contributed by atoms with E-state index in [-0.39, 0.29) is 17.2 Å². The molecule has 2 heterocycles. The van der Waals surface area contributed by atoms with Gasteiger partial charge in [0.05, 0.1) is 22.8 Å². The van der Waals surface area contributed by atoms with Crippen LogP contribution in [0.2, 0.25) is 0 Å². The smallest absolute Gasteiger partial charge is 0.343 e. The highest BCUT2D eigenvalue weighted by Gasteiger charge is 2.47. The third-order valence-corrected chi connectivity index (χ3v) is 7.64. The SMILES string of the molecule is Cn1c2c(c(=O)n(C)c1=O)[C@H](c1ccc(OC(=O)c3ccc(Br)cc3)cc1)[C@H]1C(=O)c3ccccc3C1=N2. The zero-order chi connectivity index (χ0) is 26.7. The number of benzene rings is 3. The summed E-state index contributed by atoms with van der Waals surface area (Å²) in [6.07, 6.45) is 0. The monoisotopic (exact) mass is 569 g/mol. The van der Waals surface area contributed by atoms with Crippen molar-refractivity contribution in [3.63, 3.8) is 0 Å². The number of rotatable bonds is 3. The van der Waals surface area contributed by atoms with Gasteiger partial charge in [0.1, 0.15) is 11.6 Å². The Morgan fingerprint density at radius 1 is 0.842 bits per heavy atom. The van der Waals surface area contributed by atoms with E-state index in [2.05, 4.69) is 15.9 Å². The first kappa shape index (κ1) is 24.0. The van der Waals surface area contributed by atoms with E-state index < -0.39 is 29.1 Å². The number of hydrogen-bond donors (Lipinski definition) is 0. The maximum Gasteiger partial charge on any atom is 0.343 e. The molecule has 0 fully saturated rings.